The SMILES string of the molecule is CN(C(=O)Nc1[c]cccc1)N1CCC1. The van der Waals surface area contributed by atoms with E-state index in [2.05, 4.69) is 11.4 Å². The highest BCUT2D eigenvalue weighted by atomic mass is 16.2. The van der Waals surface area contributed by atoms with Crippen LogP contribution < -0.4 is 5.32 Å². The van der Waals surface area contributed by atoms with Crippen LogP contribution >= 0.6 is 0 Å². The second-order valence-electron chi connectivity index (χ2n) is 3.54. The van der Waals surface area contributed by atoms with E-state index in [9.17, 15) is 4.79 Å². The minimum absolute atomic E-state index is 0.114. The third-order valence-electron chi connectivity index (χ3n) is 2.50. The molecule has 2 rings (SSSR count). The maximum Gasteiger partial charge on any atom is 0.336 e. The molecule has 0 spiro atoms. The normalized spacial score (nSPS) is 15.5. The molecule has 1 radical (unpaired) electrons. The van der Waals surface area contributed by atoms with Crippen LogP contribution in [0, 0.1) is 6.07 Å². The van der Waals surface area contributed by atoms with E-state index in [1.807, 2.05) is 23.2 Å². The zero-order valence-corrected chi connectivity index (χ0v) is 8.73. The first-order valence-electron chi connectivity index (χ1n) is 5.03. The molecule has 1 saturated heterocycles. The van der Waals surface area contributed by atoms with Gasteiger partial charge in [-0.05, 0) is 12.5 Å². The van der Waals surface area contributed by atoms with Crippen molar-refractivity contribution in [1.82, 2.24) is 10.0 Å². The quantitative estimate of drug-likeness (QED) is 0.793. The summed E-state index contributed by atoms with van der Waals surface area (Å²) in [5, 5.41) is 6.39. The summed E-state index contributed by atoms with van der Waals surface area (Å²) in [6.45, 7) is 1.92. The van der Waals surface area contributed by atoms with E-state index < -0.39 is 0 Å². The van der Waals surface area contributed by atoms with Crippen LogP contribution in [-0.4, -0.2) is 36.2 Å². The summed E-state index contributed by atoms with van der Waals surface area (Å²) in [6, 6.07) is 10.2. The Morgan fingerprint density at radius 1 is 1.53 bits per heavy atom. The van der Waals surface area contributed by atoms with Gasteiger partial charge in [-0.25, -0.2) is 9.80 Å². The number of carbonyl (C=O) groups is 1. The lowest BCUT2D eigenvalue weighted by Crippen LogP contribution is -2.52. The van der Waals surface area contributed by atoms with Crippen LogP contribution in [0.3, 0.4) is 0 Å². The van der Waals surface area contributed by atoms with E-state index in [1.165, 1.54) is 0 Å². The molecule has 0 aliphatic carbocycles. The molecule has 1 heterocycles. The first-order valence-corrected chi connectivity index (χ1v) is 5.03. The van der Waals surface area contributed by atoms with Gasteiger partial charge in [0.25, 0.3) is 0 Å². The number of nitrogens with one attached hydrogen (secondary N) is 1. The lowest BCUT2D eigenvalue weighted by atomic mass is 10.3. The van der Waals surface area contributed by atoms with Crippen molar-refractivity contribution in [2.45, 2.75) is 6.42 Å². The Bertz CT molecular complexity index is 335. The highest BCUT2D eigenvalue weighted by Gasteiger charge is 2.22. The summed E-state index contributed by atoms with van der Waals surface area (Å²) in [4.78, 5) is 11.7. The van der Waals surface area contributed by atoms with Crippen LogP contribution in [0.15, 0.2) is 24.3 Å². The molecular weight excluding hydrogens is 190 g/mol. The maximum absolute atomic E-state index is 11.7. The van der Waals surface area contributed by atoms with Gasteiger partial charge in [0.2, 0.25) is 0 Å². The van der Waals surface area contributed by atoms with Gasteiger partial charge in [-0.2, -0.15) is 0 Å². The average Bonchev–Trinajstić information content (AvgIpc) is 2.16. The number of carbonyl (C=O) groups excluding carboxylic acids is 1. The van der Waals surface area contributed by atoms with Gasteiger partial charge >= 0.3 is 6.03 Å². The number of benzene rings is 1. The van der Waals surface area contributed by atoms with Gasteiger partial charge in [0, 0.05) is 26.2 Å². The molecule has 1 N–H and O–H groups in total. The van der Waals surface area contributed by atoms with Crippen LogP contribution in [0.1, 0.15) is 6.42 Å². The fourth-order valence-electron chi connectivity index (χ4n) is 1.40. The fraction of sp³-hybridized carbons (Fsp3) is 0.364. The monoisotopic (exact) mass is 204 g/mol. The second-order valence-corrected chi connectivity index (χ2v) is 3.54. The molecule has 1 aliphatic rings. The molecule has 1 aliphatic heterocycles. The van der Waals surface area contributed by atoms with Crippen molar-refractivity contribution < 1.29 is 4.79 Å². The Labute approximate surface area is 89.5 Å². The molecule has 4 nitrogen and oxygen atoms in total. The predicted molar refractivity (Wildman–Crippen MR) is 58.2 cm³/mol. The highest BCUT2D eigenvalue weighted by molar-refractivity contribution is 5.88. The van der Waals surface area contributed by atoms with Gasteiger partial charge in [-0.1, -0.05) is 18.2 Å². The Morgan fingerprint density at radius 3 is 2.87 bits per heavy atom. The molecular formula is C11H14N3O. The third-order valence-corrected chi connectivity index (χ3v) is 2.50. The Balaban J connectivity index is 1.91. The van der Waals surface area contributed by atoms with E-state index in [1.54, 1.807) is 18.1 Å². The molecule has 2 amide bonds. The topological polar surface area (TPSA) is 35.6 Å². The van der Waals surface area contributed by atoms with Gasteiger partial charge in [-0.15, -0.1) is 0 Å². The number of hydrazine groups is 1. The van der Waals surface area contributed by atoms with Crippen LogP contribution in [-0.2, 0) is 0 Å². The van der Waals surface area contributed by atoms with Crippen LogP contribution in [0.2, 0.25) is 0 Å². The first kappa shape index (κ1) is 9.98. The first-order chi connectivity index (χ1) is 7.27. The molecule has 15 heavy (non-hydrogen) atoms. The number of rotatable bonds is 2. The van der Waals surface area contributed by atoms with Gasteiger partial charge in [-0.3, -0.25) is 5.01 Å². The summed E-state index contributed by atoms with van der Waals surface area (Å²) in [6.07, 6.45) is 1.16. The summed E-state index contributed by atoms with van der Waals surface area (Å²) in [7, 11) is 1.78. The maximum atomic E-state index is 11.7. The number of nitrogens with zero attached hydrogens (tertiary/aromatic N) is 2. The van der Waals surface area contributed by atoms with Crippen LogP contribution in [0.25, 0.3) is 0 Å². The smallest absolute Gasteiger partial charge is 0.306 e. The molecule has 1 aromatic carbocycles. The van der Waals surface area contributed by atoms with Crippen LogP contribution in [0.4, 0.5) is 10.5 Å². The Morgan fingerprint density at radius 2 is 2.33 bits per heavy atom. The van der Waals surface area contributed by atoms with Crippen molar-refractivity contribution in [1.29, 1.82) is 0 Å². The van der Waals surface area contributed by atoms with E-state index >= 15 is 0 Å². The molecule has 1 aromatic rings. The molecule has 0 saturated carbocycles. The Kier molecular flexibility index (Phi) is 2.87. The zero-order chi connectivity index (χ0) is 10.7. The number of hydrogen-bond donors (Lipinski definition) is 1. The summed E-state index contributed by atoms with van der Waals surface area (Å²) in [5.74, 6) is 0. The Hall–Kier alpha value is -1.55. The van der Waals surface area contributed by atoms with Gasteiger partial charge < -0.3 is 5.32 Å². The largest absolute Gasteiger partial charge is 0.336 e. The minimum atomic E-state index is -0.114. The standard InChI is InChI=1S/C11H14N3O/c1-13(14-8-5-9-14)11(15)12-10-6-3-2-4-7-10/h2-4,6H,5,8-9H2,1H3,(H,12,15). The number of amides is 2. The molecule has 1 fully saturated rings. The van der Waals surface area contributed by atoms with Gasteiger partial charge in [0.15, 0.2) is 0 Å². The number of urea groups is 1. The van der Waals surface area contributed by atoms with E-state index in [0.717, 1.165) is 19.5 Å². The zero-order valence-electron chi connectivity index (χ0n) is 8.73. The number of anilines is 1. The summed E-state index contributed by atoms with van der Waals surface area (Å²) >= 11 is 0. The minimum Gasteiger partial charge on any atom is -0.306 e. The average molecular weight is 204 g/mol. The fourth-order valence-corrected chi connectivity index (χ4v) is 1.40. The van der Waals surface area contributed by atoms with Crippen molar-refractivity contribution >= 4 is 11.7 Å². The lowest BCUT2D eigenvalue weighted by molar-refractivity contribution is -0.0111. The third kappa shape index (κ3) is 2.27. The van der Waals surface area contributed by atoms with Crippen molar-refractivity contribution in [3.63, 3.8) is 0 Å². The number of hydrogen-bond acceptors (Lipinski definition) is 2. The number of para-hydroxylation sites is 1. The molecule has 0 bridgehead atoms. The highest BCUT2D eigenvalue weighted by Crippen LogP contribution is 2.11. The predicted octanol–water partition coefficient (Wildman–Crippen LogP) is 1.57. The lowest BCUT2D eigenvalue weighted by Gasteiger charge is -2.38. The second kappa shape index (κ2) is 4.31. The molecule has 0 aromatic heterocycles. The van der Waals surface area contributed by atoms with Gasteiger partial charge in [0.05, 0.1) is 5.69 Å². The van der Waals surface area contributed by atoms with Crippen molar-refractivity contribution in [2.24, 2.45) is 0 Å². The van der Waals surface area contributed by atoms with Crippen LogP contribution in [0.5, 0.6) is 0 Å². The van der Waals surface area contributed by atoms with Crippen molar-refractivity contribution in [2.75, 3.05) is 25.5 Å². The van der Waals surface area contributed by atoms with E-state index in [4.69, 9.17) is 0 Å². The summed E-state index contributed by atoms with van der Waals surface area (Å²) < 4.78 is 0. The molecule has 0 unspecified atom stereocenters. The summed E-state index contributed by atoms with van der Waals surface area (Å²) in [5.41, 5.74) is 0.704. The molecule has 4 heteroatoms. The molecule has 0 atom stereocenters. The van der Waals surface area contributed by atoms with Gasteiger partial charge in [0.1, 0.15) is 0 Å². The van der Waals surface area contributed by atoms with Crippen molar-refractivity contribution in [3.05, 3.63) is 30.3 Å². The van der Waals surface area contributed by atoms with Crippen molar-refractivity contribution in [3.8, 4) is 0 Å². The molecule has 79 valence electrons. The van der Waals surface area contributed by atoms with E-state index in [-0.39, 0.29) is 6.03 Å². The van der Waals surface area contributed by atoms with E-state index in [0.29, 0.717) is 5.69 Å².